The number of carbonyl (C=O) groups is 1. The first-order valence-electron chi connectivity index (χ1n) is 7.44. The molecule has 2 aromatic rings. The number of hydrogen-bond acceptors (Lipinski definition) is 4. The Balaban J connectivity index is 1.79. The molecular formula is C16H16F3N3O3S. The molecule has 0 aliphatic rings. The van der Waals surface area contributed by atoms with Gasteiger partial charge in [0.25, 0.3) is 0 Å². The lowest BCUT2D eigenvalue weighted by Crippen LogP contribution is -2.29. The molecule has 0 aliphatic heterocycles. The first-order valence-corrected chi connectivity index (χ1v) is 8.99. The van der Waals surface area contributed by atoms with Crippen molar-refractivity contribution < 1.29 is 26.4 Å². The van der Waals surface area contributed by atoms with E-state index in [4.69, 9.17) is 5.14 Å². The van der Waals surface area contributed by atoms with Gasteiger partial charge < -0.3 is 10.6 Å². The van der Waals surface area contributed by atoms with Gasteiger partial charge in [0, 0.05) is 0 Å². The summed E-state index contributed by atoms with van der Waals surface area (Å²) in [7, 11) is -3.74. The Kier molecular flexibility index (Phi) is 6.35. The van der Waals surface area contributed by atoms with E-state index in [0.29, 0.717) is 19.0 Å². The quantitative estimate of drug-likeness (QED) is 0.495. The van der Waals surface area contributed by atoms with E-state index >= 15 is 0 Å². The van der Waals surface area contributed by atoms with Crippen molar-refractivity contribution in [2.45, 2.75) is 11.3 Å². The van der Waals surface area contributed by atoms with E-state index in [1.165, 1.54) is 12.1 Å². The van der Waals surface area contributed by atoms with E-state index in [2.05, 4.69) is 10.6 Å². The zero-order valence-corrected chi connectivity index (χ0v) is 14.2. The molecule has 2 rings (SSSR count). The highest BCUT2D eigenvalue weighted by atomic mass is 32.2. The predicted molar refractivity (Wildman–Crippen MR) is 89.3 cm³/mol. The van der Waals surface area contributed by atoms with Crippen LogP contribution in [0.1, 0.15) is 5.56 Å². The van der Waals surface area contributed by atoms with Crippen molar-refractivity contribution in [2.75, 3.05) is 18.4 Å². The van der Waals surface area contributed by atoms with Crippen LogP contribution in [0.3, 0.4) is 0 Å². The highest BCUT2D eigenvalue weighted by molar-refractivity contribution is 7.89. The van der Waals surface area contributed by atoms with E-state index in [1.807, 2.05) is 0 Å². The number of rotatable bonds is 7. The maximum atomic E-state index is 13.4. The first-order chi connectivity index (χ1) is 12.2. The Morgan fingerprint density at radius 3 is 2.27 bits per heavy atom. The molecule has 0 unspecified atom stereocenters. The lowest BCUT2D eigenvalue weighted by molar-refractivity contribution is -0.115. The largest absolute Gasteiger partial charge is 0.322 e. The van der Waals surface area contributed by atoms with Crippen LogP contribution in [0.5, 0.6) is 0 Å². The summed E-state index contributed by atoms with van der Waals surface area (Å²) in [5, 5.41) is 9.93. The van der Waals surface area contributed by atoms with Crippen LogP contribution >= 0.6 is 0 Å². The molecule has 1 amide bonds. The first kappa shape index (κ1) is 19.9. The molecule has 0 saturated heterocycles. The van der Waals surface area contributed by atoms with Gasteiger partial charge in [-0.05, 0) is 42.8 Å². The average molecular weight is 387 g/mol. The van der Waals surface area contributed by atoms with E-state index in [9.17, 15) is 26.4 Å². The van der Waals surface area contributed by atoms with Gasteiger partial charge in [-0.25, -0.2) is 26.7 Å². The third kappa shape index (κ3) is 5.28. The van der Waals surface area contributed by atoms with Crippen LogP contribution in [-0.2, 0) is 21.2 Å². The van der Waals surface area contributed by atoms with Gasteiger partial charge in [-0.15, -0.1) is 0 Å². The molecule has 0 radical (unpaired) electrons. The number of benzene rings is 2. The lowest BCUT2D eigenvalue weighted by Gasteiger charge is -2.08. The Morgan fingerprint density at radius 1 is 1.00 bits per heavy atom. The number of carbonyl (C=O) groups excluding carboxylic acids is 1. The molecule has 0 aliphatic carbocycles. The van der Waals surface area contributed by atoms with Crippen LogP contribution in [0.4, 0.5) is 18.9 Å². The third-order valence-corrected chi connectivity index (χ3v) is 4.37. The molecule has 0 bridgehead atoms. The summed E-state index contributed by atoms with van der Waals surface area (Å²) in [6.07, 6.45) is 0.498. The second kappa shape index (κ2) is 8.30. The van der Waals surface area contributed by atoms with E-state index in [1.54, 1.807) is 12.1 Å². The van der Waals surface area contributed by atoms with Gasteiger partial charge in [0.15, 0.2) is 17.5 Å². The van der Waals surface area contributed by atoms with Crippen LogP contribution in [0.25, 0.3) is 0 Å². The number of nitrogens with two attached hydrogens (primary N) is 1. The average Bonchev–Trinajstić information content (AvgIpc) is 2.59. The second-order valence-electron chi connectivity index (χ2n) is 5.39. The van der Waals surface area contributed by atoms with Crippen molar-refractivity contribution in [3.63, 3.8) is 0 Å². The number of hydrogen-bond donors (Lipinski definition) is 3. The second-order valence-corrected chi connectivity index (χ2v) is 6.95. The van der Waals surface area contributed by atoms with Crippen molar-refractivity contribution in [1.82, 2.24) is 5.32 Å². The topological polar surface area (TPSA) is 101 Å². The van der Waals surface area contributed by atoms with Crippen molar-refractivity contribution >= 4 is 21.6 Å². The SMILES string of the molecule is NS(=O)(=O)c1ccc(CCNCC(=O)Nc2ccc(F)c(F)c2F)cc1. The smallest absolute Gasteiger partial charge is 0.238 e. The molecule has 10 heteroatoms. The minimum absolute atomic E-state index is 0.00198. The Hall–Kier alpha value is -2.43. The van der Waals surface area contributed by atoms with Crippen LogP contribution in [-0.4, -0.2) is 27.4 Å². The van der Waals surface area contributed by atoms with Gasteiger partial charge in [0.2, 0.25) is 15.9 Å². The number of amides is 1. The van der Waals surface area contributed by atoms with Gasteiger partial charge >= 0.3 is 0 Å². The predicted octanol–water partition coefficient (Wildman–Crippen LogP) is 1.52. The number of sulfonamides is 1. The van der Waals surface area contributed by atoms with Crippen molar-refractivity contribution in [3.8, 4) is 0 Å². The Bertz CT molecular complexity index is 903. The maximum Gasteiger partial charge on any atom is 0.238 e. The third-order valence-electron chi connectivity index (χ3n) is 3.44. The Labute approximate surface area is 148 Å². The van der Waals surface area contributed by atoms with Gasteiger partial charge in [0.1, 0.15) is 0 Å². The van der Waals surface area contributed by atoms with E-state index in [-0.39, 0.29) is 11.4 Å². The normalized spacial score (nSPS) is 11.4. The fourth-order valence-electron chi connectivity index (χ4n) is 2.10. The van der Waals surface area contributed by atoms with Gasteiger partial charge in [-0.2, -0.15) is 0 Å². The summed E-state index contributed by atoms with van der Waals surface area (Å²) in [4.78, 5) is 11.7. The minimum atomic E-state index is -3.74. The number of nitrogens with one attached hydrogen (secondary N) is 2. The van der Waals surface area contributed by atoms with Gasteiger partial charge in [-0.3, -0.25) is 4.79 Å². The molecule has 0 spiro atoms. The molecule has 0 atom stereocenters. The van der Waals surface area contributed by atoms with Crippen molar-refractivity contribution in [2.24, 2.45) is 5.14 Å². The summed E-state index contributed by atoms with van der Waals surface area (Å²) >= 11 is 0. The summed E-state index contributed by atoms with van der Waals surface area (Å²) in [5.41, 5.74) is 0.367. The van der Waals surface area contributed by atoms with Gasteiger partial charge in [0.05, 0.1) is 17.1 Å². The highest BCUT2D eigenvalue weighted by Crippen LogP contribution is 2.19. The number of halogens is 3. The zero-order valence-electron chi connectivity index (χ0n) is 13.4. The summed E-state index contributed by atoms with van der Waals surface area (Å²) in [5.74, 6) is -5.08. The molecule has 0 saturated carbocycles. The molecule has 0 aromatic heterocycles. The lowest BCUT2D eigenvalue weighted by atomic mass is 10.1. The molecule has 0 fully saturated rings. The van der Waals surface area contributed by atoms with Gasteiger partial charge in [-0.1, -0.05) is 12.1 Å². The molecule has 6 nitrogen and oxygen atoms in total. The van der Waals surface area contributed by atoms with Crippen LogP contribution in [0, 0.1) is 17.5 Å². The van der Waals surface area contributed by atoms with Crippen LogP contribution in [0.15, 0.2) is 41.3 Å². The Morgan fingerprint density at radius 2 is 1.65 bits per heavy atom. The zero-order chi connectivity index (χ0) is 19.3. The number of primary sulfonamides is 1. The summed E-state index contributed by atoms with van der Waals surface area (Å²) in [6, 6.07) is 7.59. The number of anilines is 1. The van der Waals surface area contributed by atoms with E-state index in [0.717, 1.165) is 11.6 Å². The molecule has 4 N–H and O–H groups in total. The monoisotopic (exact) mass is 387 g/mol. The standard InChI is InChI=1S/C16H16F3N3O3S/c17-12-5-6-13(16(19)15(12)18)22-14(23)9-21-8-7-10-1-3-11(4-2-10)26(20,24)25/h1-6,21H,7-9H2,(H,22,23)(H2,20,24,25). The fraction of sp³-hybridized carbons (Fsp3) is 0.188. The fourth-order valence-corrected chi connectivity index (χ4v) is 2.61. The summed E-state index contributed by atoms with van der Waals surface area (Å²) < 4.78 is 61.6. The van der Waals surface area contributed by atoms with E-state index < -0.39 is 39.1 Å². The molecule has 0 heterocycles. The van der Waals surface area contributed by atoms with Crippen molar-refractivity contribution in [3.05, 3.63) is 59.4 Å². The molecule has 2 aromatic carbocycles. The molecule has 26 heavy (non-hydrogen) atoms. The molecular weight excluding hydrogens is 371 g/mol. The van der Waals surface area contributed by atoms with Crippen LogP contribution < -0.4 is 15.8 Å². The maximum absolute atomic E-state index is 13.4. The minimum Gasteiger partial charge on any atom is -0.322 e. The highest BCUT2D eigenvalue weighted by Gasteiger charge is 2.15. The van der Waals surface area contributed by atoms with Crippen molar-refractivity contribution in [1.29, 1.82) is 0 Å². The van der Waals surface area contributed by atoms with Crippen LogP contribution in [0.2, 0.25) is 0 Å². The summed E-state index contributed by atoms with van der Waals surface area (Å²) in [6.45, 7) is 0.204. The molecule has 140 valence electrons.